The molecular weight excluding hydrogens is 160 g/mol. The van der Waals surface area contributed by atoms with Crippen LogP contribution < -0.4 is 5.32 Å². The smallest absolute Gasteiger partial charge is 0.0603 e. The van der Waals surface area contributed by atoms with E-state index in [0.717, 1.165) is 23.8 Å². The second-order valence-electron chi connectivity index (χ2n) is 3.53. The zero-order valence-corrected chi connectivity index (χ0v) is 8.67. The number of aromatic nitrogens is 1. The Labute approximate surface area is 80.4 Å². The zero-order valence-electron chi connectivity index (χ0n) is 8.67. The maximum Gasteiger partial charge on any atom is 0.0603 e. The van der Waals surface area contributed by atoms with Crippen LogP contribution in [-0.4, -0.2) is 11.5 Å². The molecule has 2 heteroatoms. The van der Waals surface area contributed by atoms with Crippen LogP contribution >= 0.6 is 0 Å². The van der Waals surface area contributed by atoms with Gasteiger partial charge in [0.1, 0.15) is 0 Å². The Balaban J connectivity index is 2.50. The van der Waals surface area contributed by atoms with Crippen molar-refractivity contribution in [1.29, 1.82) is 0 Å². The van der Waals surface area contributed by atoms with Crippen LogP contribution in [0.4, 0.5) is 5.69 Å². The van der Waals surface area contributed by atoms with E-state index in [1.807, 2.05) is 19.2 Å². The van der Waals surface area contributed by atoms with Crippen molar-refractivity contribution in [3.63, 3.8) is 0 Å². The van der Waals surface area contributed by atoms with Gasteiger partial charge in [-0.25, -0.2) is 0 Å². The average molecular weight is 178 g/mol. The summed E-state index contributed by atoms with van der Waals surface area (Å²) in [5.41, 5.74) is 2.23. The van der Waals surface area contributed by atoms with Crippen molar-refractivity contribution in [2.75, 3.05) is 11.9 Å². The molecule has 0 unspecified atom stereocenters. The monoisotopic (exact) mass is 178 g/mol. The van der Waals surface area contributed by atoms with Gasteiger partial charge < -0.3 is 5.32 Å². The van der Waals surface area contributed by atoms with E-state index in [0.29, 0.717) is 0 Å². The first-order valence-electron chi connectivity index (χ1n) is 4.89. The van der Waals surface area contributed by atoms with Crippen molar-refractivity contribution < 1.29 is 0 Å². The number of hydrogen-bond acceptors (Lipinski definition) is 2. The standard InChI is InChI=1S/C11H18N2/c1-4-9(2)8-13-11-6-5-7-12-10(11)3/h5-7,9,13H,4,8H2,1-3H3/t9-/m1/s1. The molecule has 1 N–H and O–H groups in total. The molecule has 0 saturated heterocycles. The second-order valence-corrected chi connectivity index (χ2v) is 3.53. The van der Waals surface area contributed by atoms with Crippen LogP contribution in [0.3, 0.4) is 0 Å². The van der Waals surface area contributed by atoms with Gasteiger partial charge >= 0.3 is 0 Å². The minimum absolute atomic E-state index is 0.722. The normalized spacial score (nSPS) is 12.5. The molecule has 0 aliphatic rings. The lowest BCUT2D eigenvalue weighted by atomic mass is 10.1. The molecule has 0 aliphatic heterocycles. The first kappa shape index (κ1) is 10.0. The molecule has 0 aliphatic carbocycles. The summed E-state index contributed by atoms with van der Waals surface area (Å²) in [5, 5.41) is 3.40. The van der Waals surface area contributed by atoms with Crippen LogP contribution in [0, 0.1) is 12.8 Å². The van der Waals surface area contributed by atoms with E-state index in [9.17, 15) is 0 Å². The highest BCUT2D eigenvalue weighted by molar-refractivity contribution is 5.46. The van der Waals surface area contributed by atoms with Crippen LogP contribution in [-0.2, 0) is 0 Å². The summed E-state index contributed by atoms with van der Waals surface area (Å²) < 4.78 is 0. The Hall–Kier alpha value is -1.05. The van der Waals surface area contributed by atoms with E-state index in [-0.39, 0.29) is 0 Å². The quantitative estimate of drug-likeness (QED) is 0.766. The van der Waals surface area contributed by atoms with E-state index in [1.165, 1.54) is 6.42 Å². The summed E-state index contributed by atoms with van der Waals surface area (Å²) in [5.74, 6) is 0.722. The average Bonchev–Trinajstić information content (AvgIpc) is 2.16. The molecule has 0 aromatic carbocycles. The molecule has 13 heavy (non-hydrogen) atoms. The predicted molar refractivity (Wildman–Crippen MR) is 56.9 cm³/mol. The maximum absolute atomic E-state index is 4.22. The molecule has 0 amide bonds. The Morgan fingerprint density at radius 2 is 2.31 bits per heavy atom. The molecule has 0 saturated carbocycles. The summed E-state index contributed by atoms with van der Waals surface area (Å²) in [4.78, 5) is 4.22. The molecule has 0 fully saturated rings. The van der Waals surface area contributed by atoms with E-state index in [4.69, 9.17) is 0 Å². The molecule has 1 aromatic heterocycles. The molecule has 1 aromatic rings. The molecule has 1 rings (SSSR count). The van der Waals surface area contributed by atoms with Crippen LogP contribution in [0.15, 0.2) is 18.3 Å². The molecule has 1 heterocycles. The molecule has 0 spiro atoms. The van der Waals surface area contributed by atoms with Crippen molar-refractivity contribution >= 4 is 5.69 Å². The van der Waals surface area contributed by atoms with Gasteiger partial charge in [0.15, 0.2) is 0 Å². The minimum atomic E-state index is 0.722. The Morgan fingerprint density at radius 3 is 2.92 bits per heavy atom. The SMILES string of the molecule is CC[C@@H](C)CNc1cccnc1C. The summed E-state index contributed by atoms with van der Waals surface area (Å²) in [7, 11) is 0. The minimum Gasteiger partial charge on any atom is -0.383 e. The second kappa shape index (κ2) is 4.85. The van der Waals surface area contributed by atoms with Gasteiger partial charge in [-0.3, -0.25) is 4.98 Å². The first-order chi connectivity index (χ1) is 6.24. The van der Waals surface area contributed by atoms with Crippen molar-refractivity contribution in [3.05, 3.63) is 24.0 Å². The number of aryl methyl sites for hydroxylation is 1. The molecule has 0 bridgehead atoms. The number of pyridine rings is 1. The summed E-state index contributed by atoms with van der Waals surface area (Å²) in [6.07, 6.45) is 3.04. The molecule has 1 atom stereocenters. The van der Waals surface area contributed by atoms with E-state index in [2.05, 4.69) is 30.2 Å². The van der Waals surface area contributed by atoms with Crippen molar-refractivity contribution in [3.8, 4) is 0 Å². The van der Waals surface area contributed by atoms with E-state index in [1.54, 1.807) is 0 Å². The van der Waals surface area contributed by atoms with Gasteiger partial charge in [-0.2, -0.15) is 0 Å². The lowest BCUT2D eigenvalue weighted by Gasteiger charge is -2.12. The fraction of sp³-hybridized carbons (Fsp3) is 0.545. The van der Waals surface area contributed by atoms with Crippen LogP contribution in [0.5, 0.6) is 0 Å². The number of nitrogens with one attached hydrogen (secondary N) is 1. The highest BCUT2D eigenvalue weighted by Crippen LogP contribution is 2.11. The first-order valence-corrected chi connectivity index (χ1v) is 4.89. The highest BCUT2D eigenvalue weighted by atomic mass is 14.9. The Kier molecular flexibility index (Phi) is 3.74. The lowest BCUT2D eigenvalue weighted by Crippen LogP contribution is -2.11. The maximum atomic E-state index is 4.22. The van der Waals surface area contributed by atoms with Crippen LogP contribution in [0.2, 0.25) is 0 Å². The van der Waals surface area contributed by atoms with Crippen molar-refractivity contribution in [1.82, 2.24) is 4.98 Å². The van der Waals surface area contributed by atoms with Gasteiger partial charge in [0.2, 0.25) is 0 Å². The van der Waals surface area contributed by atoms with Crippen molar-refractivity contribution in [2.45, 2.75) is 27.2 Å². The fourth-order valence-electron chi connectivity index (χ4n) is 1.10. The highest BCUT2D eigenvalue weighted by Gasteiger charge is 2.00. The predicted octanol–water partition coefficient (Wildman–Crippen LogP) is 2.85. The topological polar surface area (TPSA) is 24.9 Å². The third-order valence-corrected chi connectivity index (χ3v) is 2.34. The zero-order chi connectivity index (χ0) is 9.68. The third-order valence-electron chi connectivity index (χ3n) is 2.34. The van der Waals surface area contributed by atoms with E-state index < -0.39 is 0 Å². The number of rotatable bonds is 4. The van der Waals surface area contributed by atoms with Gasteiger partial charge in [0.25, 0.3) is 0 Å². The molecule has 0 radical (unpaired) electrons. The van der Waals surface area contributed by atoms with Gasteiger partial charge in [0.05, 0.1) is 11.4 Å². The van der Waals surface area contributed by atoms with Crippen LogP contribution in [0.1, 0.15) is 26.0 Å². The number of hydrogen-bond donors (Lipinski definition) is 1. The van der Waals surface area contributed by atoms with Gasteiger partial charge in [0, 0.05) is 12.7 Å². The van der Waals surface area contributed by atoms with Gasteiger partial charge in [-0.15, -0.1) is 0 Å². The van der Waals surface area contributed by atoms with Gasteiger partial charge in [-0.05, 0) is 25.0 Å². The van der Waals surface area contributed by atoms with Crippen molar-refractivity contribution in [2.24, 2.45) is 5.92 Å². The molecular formula is C11H18N2. The summed E-state index contributed by atoms with van der Waals surface area (Å²) >= 11 is 0. The number of nitrogens with zero attached hydrogens (tertiary/aromatic N) is 1. The Morgan fingerprint density at radius 1 is 1.54 bits per heavy atom. The van der Waals surface area contributed by atoms with Gasteiger partial charge in [-0.1, -0.05) is 20.3 Å². The molecule has 2 nitrogen and oxygen atoms in total. The number of anilines is 1. The summed E-state index contributed by atoms with van der Waals surface area (Å²) in [6, 6.07) is 4.04. The molecule has 72 valence electrons. The van der Waals surface area contributed by atoms with E-state index >= 15 is 0 Å². The van der Waals surface area contributed by atoms with Crippen LogP contribution in [0.25, 0.3) is 0 Å². The lowest BCUT2D eigenvalue weighted by molar-refractivity contribution is 0.593. The Bertz CT molecular complexity index is 258. The summed E-state index contributed by atoms with van der Waals surface area (Å²) in [6.45, 7) is 7.52. The fourth-order valence-corrected chi connectivity index (χ4v) is 1.10. The largest absolute Gasteiger partial charge is 0.383 e. The third kappa shape index (κ3) is 3.05.